The smallest absolute Gasteiger partial charge is 0.387 e. The number of nitrogens with two attached hydrogens (primary N) is 1. The maximum absolute atomic E-state index is 13.0. The summed E-state index contributed by atoms with van der Waals surface area (Å²) in [6.07, 6.45) is 3.40. The van der Waals surface area contributed by atoms with Gasteiger partial charge in [0.2, 0.25) is 5.88 Å². The van der Waals surface area contributed by atoms with Crippen LogP contribution in [0.1, 0.15) is 36.0 Å². The molecule has 0 unspecified atom stereocenters. The van der Waals surface area contributed by atoms with Gasteiger partial charge in [-0.2, -0.15) is 8.78 Å². The number of benzene rings is 1. The second-order valence-electron chi connectivity index (χ2n) is 7.78. The van der Waals surface area contributed by atoms with Crippen molar-refractivity contribution < 1.29 is 32.6 Å². The molecule has 4 amide bonds. The summed E-state index contributed by atoms with van der Waals surface area (Å²) in [5.74, 6) is -0.920. The van der Waals surface area contributed by atoms with E-state index in [0.717, 1.165) is 0 Å². The Bertz CT molecular complexity index is 1060. The minimum absolute atomic E-state index is 0.0938. The molecule has 2 heterocycles. The Labute approximate surface area is 188 Å². The number of nitrogens with zero attached hydrogens (tertiary/aromatic N) is 3. The van der Waals surface area contributed by atoms with Crippen molar-refractivity contribution in [1.29, 1.82) is 0 Å². The summed E-state index contributed by atoms with van der Waals surface area (Å²) in [7, 11) is 0. The predicted octanol–water partition coefficient (Wildman–Crippen LogP) is 2.94. The number of ether oxygens (including phenoxy) is 2. The van der Waals surface area contributed by atoms with E-state index in [1.165, 1.54) is 40.3 Å². The van der Waals surface area contributed by atoms with E-state index in [4.69, 9.17) is 10.5 Å². The van der Waals surface area contributed by atoms with Crippen molar-refractivity contribution in [2.45, 2.75) is 44.4 Å². The third kappa shape index (κ3) is 4.86. The van der Waals surface area contributed by atoms with E-state index in [0.29, 0.717) is 31.4 Å². The number of aromatic nitrogens is 1. The van der Waals surface area contributed by atoms with Gasteiger partial charge >= 0.3 is 12.6 Å². The second kappa shape index (κ2) is 9.39. The number of imide groups is 1. The van der Waals surface area contributed by atoms with E-state index >= 15 is 0 Å². The average molecular weight is 460 g/mol. The molecule has 2 fully saturated rings. The highest BCUT2D eigenvalue weighted by atomic mass is 19.3. The summed E-state index contributed by atoms with van der Waals surface area (Å²) in [6.45, 7) is -3.17. The van der Waals surface area contributed by atoms with Crippen LogP contribution in [0.5, 0.6) is 11.6 Å². The molecular weight excluding hydrogens is 438 g/mol. The normalized spacial score (nSPS) is 20.9. The van der Waals surface area contributed by atoms with Crippen LogP contribution in [0.25, 0.3) is 0 Å². The number of amides is 4. The molecule has 0 atom stereocenters. The molecule has 2 aliphatic rings. The minimum atomic E-state index is -2.99. The first-order valence-corrected chi connectivity index (χ1v) is 10.4. The minimum Gasteiger partial charge on any atom is -0.474 e. The molecule has 0 radical (unpaired) electrons. The highest BCUT2D eigenvalue weighted by Gasteiger charge is 2.42. The Morgan fingerprint density at radius 2 is 1.88 bits per heavy atom. The van der Waals surface area contributed by atoms with Crippen molar-refractivity contribution in [3.63, 3.8) is 0 Å². The Balaban J connectivity index is 1.39. The van der Waals surface area contributed by atoms with Gasteiger partial charge in [-0.05, 0) is 49.9 Å². The molecule has 1 aliphatic heterocycles. The average Bonchev–Trinajstić information content (AvgIpc) is 3.08. The Morgan fingerprint density at radius 1 is 1.12 bits per heavy atom. The van der Waals surface area contributed by atoms with Gasteiger partial charge in [0.05, 0.1) is 0 Å². The molecule has 0 bridgehead atoms. The first-order valence-electron chi connectivity index (χ1n) is 10.4. The molecular formula is C22H22F2N4O5. The summed E-state index contributed by atoms with van der Waals surface area (Å²) < 4.78 is 35.3. The molecule has 9 nitrogen and oxygen atoms in total. The molecule has 2 aromatic rings. The van der Waals surface area contributed by atoms with Crippen molar-refractivity contribution in [3.05, 3.63) is 48.2 Å². The molecule has 2 N–H and O–H groups in total. The number of halogens is 2. The maximum Gasteiger partial charge on any atom is 0.387 e. The monoisotopic (exact) mass is 460 g/mol. The second-order valence-corrected chi connectivity index (χ2v) is 7.78. The van der Waals surface area contributed by atoms with Crippen molar-refractivity contribution >= 4 is 23.5 Å². The van der Waals surface area contributed by atoms with Gasteiger partial charge in [0.25, 0.3) is 11.8 Å². The molecule has 174 valence electrons. The zero-order valence-corrected chi connectivity index (χ0v) is 17.5. The zero-order valence-electron chi connectivity index (χ0n) is 17.5. The van der Waals surface area contributed by atoms with Gasteiger partial charge in [-0.1, -0.05) is 6.07 Å². The van der Waals surface area contributed by atoms with Crippen LogP contribution < -0.4 is 20.1 Å². The number of primary amides is 1. The summed E-state index contributed by atoms with van der Waals surface area (Å²) >= 11 is 0. The quantitative estimate of drug-likeness (QED) is 0.636. The van der Waals surface area contributed by atoms with Crippen molar-refractivity contribution in [2.75, 3.05) is 11.4 Å². The standard InChI is InChI=1S/C22H22F2N4O5/c23-21(24)33-16-4-1-3-14(11-16)27-12-18(29)28(22(27)31)13-6-8-15(9-7-13)32-20-17(19(25)30)5-2-10-26-20/h1-5,10-11,13,15,21H,6-9,12H2,(H2,25,30). The van der Waals surface area contributed by atoms with Gasteiger partial charge in [0.15, 0.2) is 0 Å². The predicted molar refractivity (Wildman–Crippen MR) is 112 cm³/mol. The maximum atomic E-state index is 13.0. The van der Waals surface area contributed by atoms with E-state index < -0.39 is 18.5 Å². The van der Waals surface area contributed by atoms with Crippen LogP contribution in [-0.2, 0) is 4.79 Å². The lowest BCUT2D eigenvalue weighted by atomic mass is 9.92. The summed E-state index contributed by atoms with van der Waals surface area (Å²) in [5, 5.41) is 0. The SMILES string of the molecule is NC(=O)c1cccnc1OC1CCC(N2C(=O)CN(c3cccc(OC(F)F)c3)C2=O)CC1. The molecule has 1 aromatic heterocycles. The number of rotatable bonds is 7. The molecule has 4 rings (SSSR count). The Kier molecular flexibility index (Phi) is 6.38. The van der Waals surface area contributed by atoms with Crippen LogP contribution in [0.2, 0.25) is 0 Å². The highest BCUT2D eigenvalue weighted by Crippen LogP contribution is 2.32. The number of carbonyl (C=O) groups excluding carboxylic acids is 3. The van der Waals surface area contributed by atoms with Gasteiger partial charge < -0.3 is 15.2 Å². The number of alkyl halides is 2. The van der Waals surface area contributed by atoms with Gasteiger partial charge in [0.1, 0.15) is 24.0 Å². The van der Waals surface area contributed by atoms with Gasteiger partial charge in [0, 0.05) is 24.0 Å². The number of anilines is 1. The fourth-order valence-electron chi connectivity index (χ4n) is 4.16. The first-order chi connectivity index (χ1) is 15.8. The Hall–Kier alpha value is -3.76. The number of carbonyl (C=O) groups is 3. The lowest BCUT2D eigenvalue weighted by Gasteiger charge is -2.33. The zero-order chi connectivity index (χ0) is 23.5. The largest absolute Gasteiger partial charge is 0.474 e. The third-order valence-electron chi connectivity index (χ3n) is 5.68. The van der Waals surface area contributed by atoms with E-state index in [1.807, 2.05) is 0 Å². The molecule has 0 spiro atoms. The first kappa shape index (κ1) is 22.4. The molecule has 1 saturated heterocycles. The Morgan fingerprint density at radius 3 is 2.58 bits per heavy atom. The van der Waals surface area contributed by atoms with Gasteiger partial charge in [-0.3, -0.25) is 19.4 Å². The van der Waals surface area contributed by atoms with Crippen molar-refractivity contribution in [3.8, 4) is 11.6 Å². The van der Waals surface area contributed by atoms with Crippen molar-refractivity contribution in [1.82, 2.24) is 9.88 Å². The fourth-order valence-corrected chi connectivity index (χ4v) is 4.16. The van der Waals surface area contributed by atoms with E-state index in [1.54, 1.807) is 12.1 Å². The highest BCUT2D eigenvalue weighted by molar-refractivity contribution is 6.12. The van der Waals surface area contributed by atoms with Crippen LogP contribution >= 0.6 is 0 Å². The van der Waals surface area contributed by atoms with Crippen LogP contribution in [0.4, 0.5) is 19.3 Å². The van der Waals surface area contributed by atoms with E-state index in [-0.39, 0.29) is 41.8 Å². The summed E-state index contributed by atoms with van der Waals surface area (Å²) in [4.78, 5) is 43.7. The summed E-state index contributed by atoms with van der Waals surface area (Å²) in [6, 6.07) is 8.00. The van der Waals surface area contributed by atoms with Crippen molar-refractivity contribution in [2.24, 2.45) is 5.73 Å². The van der Waals surface area contributed by atoms with Crippen LogP contribution in [0, 0.1) is 0 Å². The van der Waals surface area contributed by atoms with Gasteiger partial charge in [-0.25, -0.2) is 9.78 Å². The molecule has 1 aromatic carbocycles. The van der Waals surface area contributed by atoms with Gasteiger partial charge in [-0.15, -0.1) is 0 Å². The lowest BCUT2D eigenvalue weighted by molar-refractivity contribution is -0.127. The molecule has 1 saturated carbocycles. The van der Waals surface area contributed by atoms with Crippen LogP contribution in [0.3, 0.4) is 0 Å². The number of hydrogen-bond acceptors (Lipinski definition) is 6. The molecule has 1 aliphatic carbocycles. The lowest BCUT2D eigenvalue weighted by Crippen LogP contribution is -2.44. The number of pyridine rings is 1. The summed E-state index contributed by atoms with van der Waals surface area (Å²) in [5.41, 5.74) is 5.86. The topological polar surface area (TPSA) is 115 Å². The van der Waals surface area contributed by atoms with Crippen LogP contribution in [0.15, 0.2) is 42.6 Å². The van der Waals surface area contributed by atoms with E-state index in [2.05, 4.69) is 9.72 Å². The molecule has 33 heavy (non-hydrogen) atoms. The molecule has 11 heteroatoms. The number of urea groups is 1. The van der Waals surface area contributed by atoms with Crippen LogP contribution in [-0.4, -0.2) is 53.0 Å². The third-order valence-corrected chi connectivity index (χ3v) is 5.68. The number of hydrogen-bond donors (Lipinski definition) is 1. The van der Waals surface area contributed by atoms with E-state index in [9.17, 15) is 23.2 Å². The fraction of sp³-hybridized carbons (Fsp3) is 0.364.